The highest BCUT2D eigenvalue weighted by Gasteiger charge is 2.35. The van der Waals surface area contributed by atoms with Crippen LogP contribution in [0.25, 0.3) is 0 Å². The van der Waals surface area contributed by atoms with E-state index < -0.39 is 11.7 Å². The summed E-state index contributed by atoms with van der Waals surface area (Å²) in [5.41, 5.74) is 1.62. The zero-order valence-corrected chi connectivity index (χ0v) is 19.1. The van der Waals surface area contributed by atoms with Gasteiger partial charge >= 0.3 is 0 Å². The maximum absolute atomic E-state index is 14.0. The number of amides is 2. The maximum atomic E-state index is 14.0. The van der Waals surface area contributed by atoms with Gasteiger partial charge in [-0.2, -0.15) is 0 Å². The smallest absolute Gasteiger partial charge is 0.227 e. The molecule has 1 unspecified atom stereocenters. The van der Waals surface area contributed by atoms with E-state index in [4.69, 9.17) is 0 Å². The minimum Gasteiger partial charge on any atom is -0.356 e. The van der Waals surface area contributed by atoms with E-state index in [2.05, 4.69) is 45.4 Å². The highest BCUT2D eigenvalue weighted by atomic mass is 19.1. The lowest BCUT2D eigenvalue weighted by atomic mass is 10.1. The standard InChI is InChI=1S/C26H33FN4O2/c27-23-10-4-5-11-24(23)31-20-22(18-25(31)32)26(33)28-12-6-7-13-29-14-16-30(17-15-29)19-21-8-2-1-3-9-21/h1-5,8-11,22H,6-7,12-20H2,(H,28,33). The number of carbonyl (C=O) groups is 2. The first-order valence-electron chi connectivity index (χ1n) is 11.9. The molecule has 0 aliphatic carbocycles. The average Bonchev–Trinajstić information content (AvgIpc) is 3.22. The monoisotopic (exact) mass is 452 g/mol. The fraction of sp³-hybridized carbons (Fsp3) is 0.462. The molecule has 4 rings (SSSR count). The Bertz CT molecular complexity index is 931. The van der Waals surface area contributed by atoms with Crippen molar-refractivity contribution >= 4 is 17.5 Å². The van der Waals surface area contributed by atoms with Gasteiger partial charge in [-0.15, -0.1) is 0 Å². The summed E-state index contributed by atoms with van der Waals surface area (Å²) in [7, 11) is 0. The molecule has 2 saturated heterocycles. The summed E-state index contributed by atoms with van der Waals surface area (Å²) in [6.07, 6.45) is 2.07. The number of hydrogen-bond donors (Lipinski definition) is 1. The molecule has 2 aliphatic heterocycles. The van der Waals surface area contributed by atoms with Crippen LogP contribution in [-0.2, 0) is 16.1 Å². The lowest BCUT2D eigenvalue weighted by Crippen LogP contribution is -2.46. The molecule has 33 heavy (non-hydrogen) atoms. The van der Waals surface area contributed by atoms with Crippen molar-refractivity contribution in [2.24, 2.45) is 5.92 Å². The number of hydrogen-bond acceptors (Lipinski definition) is 4. The van der Waals surface area contributed by atoms with Gasteiger partial charge in [0.05, 0.1) is 11.6 Å². The molecule has 2 aliphatic rings. The van der Waals surface area contributed by atoms with Gasteiger partial charge in [-0.25, -0.2) is 4.39 Å². The Morgan fingerprint density at radius 1 is 0.939 bits per heavy atom. The largest absolute Gasteiger partial charge is 0.356 e. The van der Waals surface area contributed by atoms with Crippen LogP contribution in [0.5, 0.6) is 0 Å². The van der Waals surface area contributed by atoms with E-state index >= 15 is 0 Å². The van der Waals surface area contributed by atoms with Gasteiger partial charge < -0.3 is 15.1 Å². The summed E-state index contributed by atoms with van der Waals surface area (Å²) in [5, 5.41) is 2.97. The molecular formula is C26H33FN4O2. The number of nitrogens with one attached hydrogen (secondary N) is 1. The fourth-order valence-corrected chi connectivity index (χ4v) is 4.62. The molecule has 0 saturated carbocycles. The second-order valence-electron chi connectivity index (χ2n) is 8.96. The predicted octanol–water partition coefficient (Wildman–Crippen LogP) is 2.89. The molecule has 1 atom stereocenters. The van der Waals surface area contributed by atoms with Gasteiger partial charge in [0.1, 0.15) is 5.82 Å². The Morgan fingerprint density at radius 3 is 2.39 bits per heavy atom. The second-order valence-corrected chi connectivity index (χ2v) is 8.96. The third-order valence-electron chi connectivity index (χ3n) is 6.55. The average molecular weight is 453 g/mol. The minimum absolute atomic E-state index is 0.114. The van der Waals surface area contributed by atoms with E-state index in [0.29, 0.717) is 6.54 Å². The van der Waals surface area contributed by atoms with Crippen molar-refractivity contribution in [2.75, 3.05) is 50.7 Å². The van der Waals surface area contributed by atoms with E-state index in [1.807, 2.05) is 0 Å². The Morgan fingerprint density at radius 2 is 1.64 bits per heavy atom. The van der Waals surface area contributed by atoms with Crippen LogP contribution in [0.2, 0.25) is 0 Å². The second kappa shape index (κ2) is 11.4. The number of unbranched alkanes of at least 4 members (excludes halogenated alkanes) is 1. The Hall–Kier alpha value is -2.77. The molecule has 7 heteroatoms. The third-order valence-corrected chi connectivity index (χ3v) is 6.55. The molecule has 6 nitrogen and oxygen atoms in total. The van der Waals surface area contributed by atoms with Crippen LogP contribution in [0.15, 0.2) is 54.6 Å². The summed E-state index contributed by atoms with van der Waals surface area (Å²) in [6.45, 7) is 7.22. The van der Waals surface area contributed by atoms with E-state index in [1.54, 1.807) is 18.2 Å². The fourth-order valence-electron chi connectivity index (χ4n) is 4.62. The summed E-state index contributed by atoms with van der Waals surface area (Å²) in [6, 6.07) is 16.8. The molecule has 2 aromatic carbocycles. The minimum atomic E-state index is -0.437. The predicted molar refractivity (Wildman–Crippen MR) is 127 cm³/mol. The molecule has 0 spiro atoms. The topological polar surface area (TPSA) is 55.9 Å². The molecule has 0 bridgehead atoms. The summed E-state index contributed by atoms with van der Waals surface area (Å²) in [4.78, 5) is 31.2. The first kappa shape index (κ1) is 23.4. The summed E-state index contributed by atoms with van der Waals surface area (Å²) < 4.78 is 14.0. The van der Waals surface area contributed by atoms with Crippen molar-refractivity contribution in [1.29, 1.82) is 0 Å². The Labute approximate surface area is 195 Å². The Kier molecular flexibility index (Phi) is 8.07. The third kappa shape index (κ3) is 6.39. The molecule has 1 N–H and O–H groups in total. The van der Waals surface area contributed by atoms with Crippen molar-refractivity contribution in [2.45, 2.75) is 25.8 Å². The van der Waals surface area contributed by atoms with Crippen molar-refractivity contribution in [3.05, 3.63) is 66.0 Å². The van der Waals surface area contributed by atoms with Gasteiger partial charge in [-0.1, -0.05) is 42.5 Å². The van der Waals surface area contributed by atoms with Crippen LogP contribution < -0.4 is 10.2 Å². The number of carbonyl (C=O) groups excluding carboxylic acids is 2. The van der Waals surface area contributed by atoms with E-state index in [1.165, 1.54) is 16.5 Å². The number of para-hydroxylation sites is 1. The quantitative estimate of drug-likeness (QED) is 0.595. The van der Waals surface area contributed by atoms with Gasteiger partial charge in [0.15, 0.2) is 0 Å². The molecule has 2 amide bonds. The van der Waals surface area contributed by atoms with Crippen LogP contribution in [0.4, 0.5) is 10.1 Å². The number of benzene rings is 2. The van der Waals surface area contributed by atoms with Gasteiger partial charge in [-0.05, 0) is 37.1 Å². The van der Waals surface area contributed by atoms with Crippen LogP contribution >= 0.6 is 0 Å². The van der Waals surface area contributed by atoms with Crippen LogP contribution in [0.3, 0.4) is 0 Å². The SMILES string of the molecule is O=C(NCCCCN1CCN(Cc2ccccc2)CC1)C1CC(=O)N(c2ccccc2F)C1. The molecule has 0 radical (unpaired) electrons. The summed E-state index contributed by atoms with van der Waals surface area (Å²) in [5.74, 6) is -1.18. The first-order valence-corrected chi connectivity index (χ1v) is 11.9. The lowest BCUT2D eigenvalue weighted by Gasteiger charge is -2.34. The van der Waals surface area contributed by atoms with Gasteiger partial charge in [-0.3, -0.25) is 14.5 Å². The van der Waals surface area contributed by atoms with E-state index in [9.17, 15) is 14.0 Å². The zero-order valence-electron chi connectivity index (χ0n) is 19.1. The first-order chi connectivity index (χ1) is 16.1. The van der Waals surface area contributed by atoms with Crippen molar-refractivity contribution in [3.8, 4) is 0 Å². The molecule has 2 heterocycles. The van der Waals surface area contributed by atoms with Gasteiger partial charge in [0, 0.05) is 52.2 Å². The van der Waals surface area contributed by atoms with E-state index in [-0.39, 0.29) is 30.5 Å². The molecule has 0 aromatic heterocycles. The van der Waals surface area contributed by atoms with Crippen LogP contribution in [0.1, 0.15) is 24.8 Å². The number of halogens is 1. The highest BCUT2D eigenvalue weighted by molar-refractivity contribution is 6.00. The van der Waals surface area contributed by atoms with Crippen molar-refractivity contribution < 1.29 is 14.0 Å². The zero-order chi connectivity index (χ0) is 23.0. The lowest BCUT2D eigenvalue weighted by molar-refractivity contribution is -0.126. The van der Waals surface area contributed by atoms with Gasteiger partial charge in [0.25, 0.3) is 0 Å². The highest BCUT2D eigenvalue weighted by Crippen LogP contribution is 2.27. The maximum Gasteiger partial charge on any atom is 0.227 e. The molecule has 176 valence electrons. The van der Waals surface area contributed by atoms with Crippen LogP contribution in [0, 0.1) is 11.7 Å². The van der Waals surface area contributed by atoms with Crippen molar-refractivity contribution in [1.82, 2.24) is 15.1 Å². The van der Waals surface area contributed by atoms with Crippen molar-refractivity contribution in [3.63, 3.8) is 0 Å². The molecule has 2 fully saturated rings. The summed E-state index contributed by atoms with van der Waals surface area (Å²) >= 11 is 0. The number of piperazine rings is 1. The number of nitrogens with zero attached hydrogens (tertiary/aromatic N) is 3. The normalized spacial score (nSPS) is 19.7. The van der Waals surface area contributed by atoms with Gasteiger partial charge in [0.2, 0.25) is 11.8 Å². The molecular weight excluding hydrogens is 419 g/mol. The van der Waals surface area contributed by atoms with Crippen LogP contribution in [-0.4, -0.2) is 67.4 Å². The number of anilines is 1. The number of rotatable bonds is 9. The molecule has 2 aromatic rings. The van der Waals surface area contributed by atoms with E-state index in [0.717, 1.165) is 52.1 Å². The Balaban J connectivity index is 1.10.